The Labute approximate surface area is 70.9 Å². The van der Waals surface area contributed by atoms with E-state index in [1.54, 1.807) is 24.3 Å². The standard InChI is InChI=1S/C9H9ClO/c1-7(6-10)8-2-4-9(11)5-3-8/h2-5,11H,1,6H2. The quantitative estimate of drug-likeness (QED) is 0.674. The summed E-state index contributed by atoms with van der Waals surface area (Å²) in [5.74, 6) is 0.682. The second kappa shape index (κ2) is 3.44. The first-order chi connectivity index (χ1) is 5.24. The molecule has 1 rings (SSSR count). The SMILES string of the molecule is C=C(CCl)c1ccc(O)cc1. The average molecular weight is 169 g/mol. The lowest BCUT2D eigenvalue weighted by atomic mass is 10.1. The van der Waals surface area contributed by atoms with Gasteiger partial charge in [0.1, 0.15) is 5.75 Å². The van der Waals surface area contributed by atoms with Gasteiger partial charge in [0, 0.05) is 5.88 Å². The normalized spacial score (nSPS) is 9.55. The van der Waals surface area contributed by atoms with Gasteiger partial charge in [-0.05, 0) is 23.3 Å². The zero-order valence-corrected chi connectivity index (χ0v) is 6.80. The average Bonchev–Trinajstić information content (AvgIpc) is 2.05. The van der Waals surface area contributed by atoms with Gasteiger partial charge in [0.2, 0.25) is 0 Å². The first kappa shape index (κ1) is 8.15. The van der Waals surface area contributed by atoms with Gasteiger partial charge in [-0.1, -0.05) is 18.7 Å². The topological polar surface area (TPSA) is 20.2 Å². The summed E-state index contributed by atoms with van der Waals surface area (Å²) < 4.78 is 0. The minimum absolute atomic E-state index is 0.260. The smallest absolute Gasteiger partial charge is 0.115 e. The number of benzene rings is 1. The van der Waals surface area contributed by atoms with E-state index in [1.165, 1.54) is 0 Å². The van der Waals surface area contributed by atoms with Crippen LogP contribution < -0.4 is 0 Å². The third kappa shape index (κ3) is 1.99. The van der Waals surface area contributed by atoms with Crippen molar-refractivity contribution in [2.24, 2.45) is 0 Å². The molecule has 1 nitrogen and oxygen atoms in total. The Kier molecular flexibility index (Phi) is 2.55. The third-order valence-electron chi connectivity index (χ3n) is 1.44. The number of rotatable bonds is 2. The maximum Gasteiger partial charge on any atom is 0.115 e. The molecule has 0 saturated carbocycles. The van der Waals surface area contributed by atoms with E-state index in [9.17, 15) is 0 Å². The molecule has 1 N–H and O–H groups in total. The summed E-state index contributed by atoms with van der Waals surface area (Å²) in [5.41, 5.74) is 1.84. The Balaban J connectivity index is 2.90. The summed E-state index contributed by atoms with van der Waals surface area (Å²) in [6, 6.07) is 6.82. The fraction of sp³-hybridized carbons (Fsp3) is 0.111. The lowest BCUT2D eigenvalue weighted by Crippen LogP contribution is -1.81. The Bertz CT molecular complexity index is 251. The van der Waals surface area contributed by atoms with Gasteiger partial charge < -0.3 is 5.11 Å². The fourth-order valence-electron chi connectivity index (χ4n) is 0.774. The van der Waals surface area contributed by atoms with Gasteiger partial charge in [-0.2, -0.15) is 0 Å². The fourth-order valence-corrected chi connectivity index (χ4v) is 0.929. The summed E-state index contributed by atoms with van der Waals surface area (Å²) in [7, 11) is 0. The van der Waals surface area contributed by atoms with Crippen LogP contribution in [0.5, 0.6) is 5.75 Å². The van der Waals surface area contributed by atoms with Gasteiger partial charge in [0.05, 0.1) is 0 Å². The van der Waals surface area contributed by atoms with Crippen LogP contribution in [0.2, 0.25) is 0 Å². The number of halogens is 1. The highest BCUT2D eigenvalue weighted by molar-refractivity contribution is 6.23. The van der Waals surface area contributed by atoms with Crippen LogP contribution in [0.25, 0.3) is 5.57 Å². The van der Waals surface area contributed by atoms with Crippen LogP contribution in [0, 0.1) is 0 Å². The van der Waals surface area contributed by atoms with Crippen LogP contribution in [0.3, 0.4) is 0 Å². The molecule has 0 radical (unpaired) electrons. The highest BCUT2D eigenvalue weighted by Crippen LogP contribution is 2.16. The third-order valence-corrected chi connectivity index (χ3v) is 1.76. The van der Waals surface area contributed by atoms with E-state index >= 15 is 0 Å². The molecule has 58 valence electrons. The molecule has 0 atom stereocenters. The molecule has 0 aliphatic rings. The number of aromatic hydroxyl groups is 1. The van der Waals surface area contributed by atoms with Crippen molar-refractivity contribution in [3.63, 3.8) is 0 Å². The molecule has 0 spiro atoms. The molecule has 0 heterocycles. The molecule has 0 fully saturated rings. The van der Waals surface area contributed by atoms with E-state index in [-0.39, 0.29) is 5.75 Å². The largest absolute Gasteiger partial charge is 0.508 e. The number of phenols is 1. The zero-order chi connectivity index (χ0) is 8.27. The van der Waals surface area contributed by atoms with Crippen LogP contribution >= 0.6 is 11.6 Å². The number of alkyl halides is 1. The van der Waals surface area contributed by atoms with Crippen LogP contribution in [-0.2, 0) is 0 Å². The first-order valence-electron chi connectivity index (χ1n) is 3.27. The second-order valence-electron chi connectivity index (χ2n) is 2.28. The summed E-state index contributed by atoms with van der Waals surface area (Å²) >= 11 is 5.56. The molecule has 0 aliphatic carbocycles. The molecular formula is C9H9ClO. The summed E-state index contributed by atoms with van der Waals surface area (Å²) in [5, 5.41) is 8.95. The predicted molar refractivity (Wildman–Crippen MR) is 47.9 cm³/mol. The van der Waals surface area contributed by atoms with Crippen molar-refractivity contribution in [3.05, 3.63) is 36.4 Å². The van der Waals surface area contributed by atoms with Crippen molar-refractivity contribution in [1.82, 2.24) is 0 Å². The molecule has 0 unspecified atom stereocenters. The summed E-state index contributed by atoms with van der Waals surface area (Å²) in [4.78, 5) is 0. The minimum Gasteiger partial charge on any atom is -0.508 e. The molecule has 2 heteroatoms. The lowest BCUT2D eigenvalue weighted by Gasteiger charge is -2.00. The number of allylic oxidation sites excluding steroid dienone is 1. The van der Waals surface area contributed by atoms with E-state index in [4.69, 9.17) is 16.7 Å². The van der Waals surface area contributed by atoms with E-state index in [1.807, 2.05) is 0 Å². The Morgan fingerprint density at radius 3 is 2.36 bits per heavy atom. The summed E-state index contributed by atoms with van der Waals surface area (Å²) in [6.45, 7) is 3.76. The Morgan fingerprint density at radius 1 is 1.36 bits per heavy atom. The van der Waals surface area contributed by atoms with Crippen molar-refractivity contribution in [1.29, 1.82) is 0 Å². The van der Waals surface area contributed by atoms with E-state index in [0.717, 1.165) is 11.1 Å². The van der Waals surface area contributed by atoms with E-state index < -0.39 is 0 Å². The van der Waals surface area contributed by atoms with Crippen molar-refractivity contribution < 1.29 is 5.11 Å². The van der Waals surface area contributed by atoms with E-state index in [2.05, 4.69) is 6.58 Å². The zero-order valence-electron chi connectivity index (χ0n) is 6.05. The van der Waals surface area contributed by atoms with Gasteiger partial charge in [-0.25, -0.2) is 0 Å². The highest BCUT2D eigenvalue weighted by Gasteiger charge is 1.95. The van der Waals surface area contributed by atoms with Gasteiger partial charge in [0.25, 0.3) is 0 Å². The Hall–Kier alpha value is -0.950. The molecule has 0 bridgehead atoms. The van der Waals surface area contributed by atoms with Crippen molar-refractivity contribution >= 4 is 17.2 Å². The van der Waals surface area contributed by atoms with Gasteiger partial charge in [0.15, 0.2) is 0 Å². The van der Waals surface area contributed by atoms with Crippen LogP contribution in [0.1, 0.15) is 5.56 Å². The molecule has 1 aromatic rings. The maximum atomic E-state index is 8.95. The van der Waals surface area contributed by atoms with Crippen LogP contribution in [-0.4, -0.2) is 11.0 Å². The molecule has 1 aromatic carbocycles. The molecular weight excluding hydrogens is 160 g/mol. The second-order valence-corrected chi connectivity index (χ2v) is 2.55. The highest BCUT2D eigenvalue weighted by atomic mass is 35.5. The minimum atomic E-state index is 0.260. The maximum absolute atomic E-state index is 8.95. The molecule has 11 heavy (non-hydrogen) atoms. The monoisotopic (exact) mass is 168 g/mol. The molecule has 0 saturated heterocycles. The lowest BCUT2D eigenvalue weighted by molar-refractivity contribution is 0.475. The summed E-state index contributed by atoms with van der Waals surface area (Å²) in [6.07, 6.45) is 0. The number of hydrogen-bond acceptors (Lipinski definition) is 1. The Morgan fingerprint density at radius 2 is 1.91 bits per heavy atom. The van der Waals surface area contributed by atoms with Gasteiger partial charge >= 0.3 is 0 Å². The van der Waals surface area contributed by atoms with Crippen LogP contribution in [0.4, 0.5) is 0 Å². The number of phenolic OH excluding ortho intramolecular Hbond substituents is 1. The molecule has 0 aliphatic heterocycles. The van der Waals surface area contributed by atoms with Gasteiger partial charge in [-0.3, -0.25) is 0 Å². The van der Waals surface area contributed by atoms with Crippen molar-refractivity contribution in [2.75, 3.05) is 5.88 Å². The van der Waals surface area contributed by atoms with Crippen LogP contribution in [0.15, 0.2) is 30.8 Å². The predicted octanol–water partition coefficient (Wildman–Crippen LogP) is 2.64. The number of hydrogen-bond donors (Lipinski definition) is 1. The molecule has 0 amide bonds. The first-order valence-corrected chi connectivity index (χ1v) is 3.80. The van der Waals surface area contributed by atoms with Crippen molar-refractivity contribution in [2.45, 2.75) is 0 Å². The molecule has 0 aromatic heterocycles. The van der Waals surface area contributed by atoms with Gasteiger partial charge in [-0.15, -0.1) is 11.6 Å². The van der Waals surface area contributed by atoms with E-state index in [0.29, 0.717) is 5.88 Å². The van der Waals surface area contributed by atoms with Crippen molar-refractivity contribution in [3.8, 4) is 5.75 Å².